The van der Waals surface area contributed by atoms with Crippen LogP contribution in [0.4, 0.5) is 4.79 Å². The zero-order chi connectivity index (χ0) is 14.2. The van der Waals surface area contributed by atoms with Crippen molar-refractivity contribution in [2.24, 2.45) is 0 Å². The van der Waals surface area contributed by atoms with E-state index in [0.717, 1.165) is 11.1 Å². The molecule has 0 bridgehead atoms. The number of hydrogen-bond donors (Lipinski definition) is 1. The number of benzene rings is 1. The predicted molar refractivity (Wildman–Crippen MR) is 70.9 cm³/mol. The normalized spacial score (nSPS) is 17.6. The molecule has 102 valence electrons. The Bertz CT molecular complexity index is 537. The second kappa shape index (κ2) is 4.57. The van der Waals surface area contributed by atoms with Crippen LogP contribution < -0.4 is 10.1 Å². The first-order valence-electron chi connectivity index (χ1n) is 6.13. The summed E-state index contributed by atoms with van der Waals surface area (Å²) in [5.41, 5.74) is 1.13. The predicted octanol–water partition coefficient (Wildman–Crippen LogP) is 1.83. The number of nitrogens with zero attached hydrogens (tertiary/aromatic N) is 1. The Morgan fingerprint density at radius 2 is 2.00 bits per heavy atom. The number of nitrogens with one attached hydrogen (secondary N) is 1. The molecule has 0 unspecified atom stereocenters. The van der Waals surface area contributed by atoms with Crippen LogP contribution in [0.5, 0.6) is 5.75 Å². The number of ether oxygens (including phenoxy) is 1. The maximum atomic E-state index is 11.8. The number of amides is 3. The average Bonchev–Trinajstić information content (AvgIpc) is 2.52. The number of carbonyl (C=O) groups is 2. The summed E-state index contributed by atoms with van der Waals surface area (Å²) in [7, 11) is 1.59. The molecular formula is C14H18N2O3. The highest BCUT2D eigenvalue weighted by molar-refractivity contribution is 6.06. The zero-order valence-corrected chi connectivity index (χ0v) is 11.6. The molecule has 1 saturated heterocycles. The largest absolute Gasteiger partial charge is 0.496 e. The van der Waals surface area contributed by atoms with Gasteiger partial charge in [0.05, 0.1) is 13.7 Å². The lowest BCUT2D eigenvalue weighted by Crippen LogP contribution is -2.43. The highest BCUT2D eigenvalue weighted by Crippen LogP contribution is 2.27. The molecule has 0 aliphatic carbocycles. The van der Waals surface area contributed by atoms with Gasteiger partial charge < -0.3 is 9.64 Å². The van der Waals surface area contributed by atoms with E-state index in [4.69, 9.17) is 4.74 Å². The molecule has 5 heteroatoms. The second-order valence-electron chi connectivity index (χ2n) is 5.22. The fourth-order valence-corrected chi connectivity index (χ4v) is 2.16. The third-order valence-electron chi connectivity index (χ3n) is 3.46. The van der Waals surface area contributed by atoms with Crippen molar-refractivity contribution >= 4 is 11.9 Å². The Balaban J connectivity index is 2.33. The number of aryl methyl sites for hydroxylation is 1. The molecule has 1 aliphatic heterocycles. The number of imide groups is 1. The Morgan fingerprint density at radius 1 is 1.32 bits per heavy atom. The molecule has 2 rings (SSSR count). The van der Waals surface area contributed by atoms with Gasteiger partial charge in [-0.25, -0.2) is 4.79 Å². The quantitative estimate of drug-likeness (QED) is 0.845. The molecular weight excluding hydrogens is 244 g/mol. The zero-order valence-electron chi connectivity index (χ0n) is 11.6. The lowest BCUT2D eigenvalue weighted by atomic mass is 10.0. The number of urea groups is 1. The van der Waals surface area contributed by atoms with Crippen LogP contribution in [0, 0.1) is 6.92 Å². The van der Waals surface area contributed by atoms with Crippen LogP contribution in [0.15, 0.2) is 18.2 Å². The summed E-state index contributed by atoms with van der Waals surface area (Å²) in [5.74, 6) is 0.442. The summed E-state index contributed by atoms with van der Waals surface area (Å²) >= 11 is 0. The van der Waals surface area contributed by atoms with Gasteiger partial charge in [0, 0.05) is 5.56 Å². The Hall–Kier alpha value is -2.04. The number of hydrogen-bond acceptors (Lipinski definition) is 3. The van der Waals surface area contributed by atoms with E-state index in [1.165, 1.54) is 4.90 Å². The average molecular weight is 262 g/mol. The van der Waals surface area contributed by atoms with E-state index in [9.17, 15) is 9.59 Å². The molecule has 0 atom stereocenters. The molecule has 0 spiro atoms. The monoisotopic (exact) mass is 262 g/mol. The van der Waals surface area contributed by atoms with Crippen molar-refractivity contribution < 1.29 is 14.3 Å². The molecule has 1 aromatic rings. The molecule has 3 amide bonds. The standard InChI is InChI=1S/C14H18N2O3/c1-9-5-6-11(19-4)10(7-9)8-16-13(18)15-12(17)14(16,2)3/h5-7H,8H2,1-4H3,(H,15,17,18). The third-order valence-corrected chi connectivity index (χ3v) is 3.46. The van der Waals surface area contributed by atoms with E-state index >= 15 is 0 Å². The van der Waals surface area contributed by atoms with Gasteiger partial charge in [-0.3, -0.25) is 10.1 Å². The van der Waals surface area contributed by atoms with Gasteiger partial charge in [-0.1, -0.05) is 17.7 Å². The first-order valence-corrected chi connectivity index (χ1v) is 6.13. The van der Waals surface area contributed by atoms with Crippen LogP contribution in [-0.2, 0) is 11.3 Å². The summed E-state index contributed by atoms with van der Waals surface area (Å²) in [4.78, 5) is 25.1. The lowest BCUT2D eigenvalue weighted by molar-refractivity contribution is -0.125. The molecule has 1 aromatic carbocycles. The molecule has 0 saturated carbocycles. The highest BCUT2D eigenvalue weighted by Gasteiger charge is 2.45. The molecule has 19 heavy (non-hydrogen) atoms. The van der Waals surface area contributed by atoms with Gasteiger partial charge in [0.15, 0.2) is 0 Å². The molecule has 0 aromatic heterocycles. The van der Waals surface area contributed by atoms with E-state index in [-0.39, 0.29) is 11.9 Å². The number of rotatable bonds is 3. The summed E-state index contributed by atoms with van der Waals surface area (Å²) < 4.78 is 5.30. The molecule has 1 N–H and O–H groups in total. The minimum Gasteiger partial charge on any atom is -0.496 e. The van der Waals surface area contributed by atoms with Crippen molar-refractivity contribution in [1.82, 2.24) is 10.2 Å². The van der Waals surface area contributed by atoms with E-state index in [1.807, 2.05) is 25.1 Å². The van der Waals surface area contributed by atoms with E-state index < -0.39 is 5.54 Å². The fourth-order valence-electron chi connectivity index (χ4n) is 2.16. The van der Waals surface area contributed by atoms with Crippen LogP contribution in [0.3, 0.4) is 0 Å². The molecule has 1 aliphatic rings. The minimum atomic E-state index is -0.841. The van der Waals surface area contributed by atoms with Gasteiger partial charge in [-0.2, -0.15) is 0 Å². The van der Waals surface area contributed by atoms with Crippen LogP contribution in [0.25, 0.3) is 0 Å². The van der Waals surface area contributed by atoms with E-state index in [1.54, 1.807) is 21.0 Å². The van der Waals surface area contributed by atoms with Gasteiger partial charge in [0.1, 0.15) is 11.3 Å². The summed E-state index contributed by atoms with van der Waals surface area (Å²) in [6, 6.07) is 5.42. The molecule has 1 fully saturated rings. The lowest BCUT2D eigenvalue weighted by Gasteiger charge is -2.28. The Kier molecular flexibility index (Phi) is 3.22. The van der Waals surface area contributed by atoms with E-state index in [2.05, 4.69) is 5.32 Å². The van der Waals surface area contributed by atoms with Gasteiger partial charge in [-0.05, 0) is 26.8 Å². The Labute approximate surface area is 112 Å². The Morgan fingerprint density at radius 3 is 2.53 bits per heavy atom. The summed E-state index contributed by atoms with van der Waals surface area (Å²) in [5, 5.41) is 2.34. The number of carbonyl (C=O) groups excluding carboxylic acids is 2. The van der Waals surface area contributed by atoms with Gasteiger partial charge in [0.2, 0.25) is 0 Å². The van der Waals surface area contributed by atoms with Crippen molar-refractivity contribution in [2.75, 3.05) is 7.11 Å². The van der Waals surface area contributed by atoms with Crippen LogP contribution in [0.1, 0.15) is 25.0 Å². The first-order chi connectivity index (χ1) is 8.86. The molecule has 1 heterocycles. The van der Waals surface area contributed by atoms with Crippen LogP contribution in [0.2, 0.25) is 0 Å². The van der Waals surface area contributed by atoms with Crippen molar-refractivity contribution in [3.8, 4) is 5.75 Å². The smallest absolute Gasteiger partial charge is 0.325 e. The first kappa shape index (κ1) is 13.4. The minimum absolute atomic E-state index is 0.274. The van der Waals surface area contributed by atoms with Gasteiger partial charge in [-0.15, -0.1) is 0 Å². The molecule has 0 radical (unpaired) electrons. The van der Waals surface area contributed by atoms with Crippen molar-refractivity contribution in [3.05, 3.63) is 29.3 Å². The fraction of sp³-hybridized carbons (Fsp3) is 0.429. The SMILES string of the molecule is COc1ccc(C)cc1CN1C(=O)NC(=O)C1(C)C. The van der Waals surface area contributed by atoms with Gasteiger partial charge >= 0.3 is 6.03 Å². The third kappa shape index (κ3) is 2.28. The van der Waals surface area contributed by atoms with Crippen molar-refractivity contribution in [3.63, 3.8) is 0 Å². The van der Waals surface area contributed by atoms with Crippen LogP contribution >= 0.6 is 0 Å². The maximum absolute atomic E-state index is 11.8. The van der Waals surface area contributed by atoms with Crippen LogP contribution in [-0.4, -0.2) is 29.5 Å². The second-order valence-corrected chi connectivity index (χ2v) is 5.22. The summed E-state index contributed by atoms with van der Waals surface area (Å²) in [6.07, 6.45) is 0. The van der Waals surface area contributed by atoms with Crippen molar-refractivity contribution in [1.29, 1.82) is 0 Å². The van der Waals surface area contributed by atoms with E-state index in [0.29, 0.717) is 12.3 Å². The summed E-state index contributed by atoms with van der Waals surface area (Å²) in [6.45, 7) is 5.78. The van der Waals surface area contributed by atoms with Gasteiger partial charge in [0.25, 0.3) is 5.91 Å². The molecule has 5 nitrogen and oxygen atoms in total. The number of methoxy groups -OCH3 is 1. The highest BCUT2D eigenvalue weighted by atomic mass is 16.5. The van der Waals surface area contributed by atoms with Crippen molar-refractivity contribution in [2.45, 2.75) is 32.9 Å². The topological polar surface area (TPSA) is 58.6 Å². The maximum Gasteiger partial charge on any atom is 0.325 e.